The van der Waals surface area contributed by atoms with Crippen molar-refractivity contribution in [2.75, 3.05) is 18.0 Å². The number of anilines is 1. The van der Waals surface area contributed by atoms with Gasteiger partial charge in [-0.1, -0.05) is 19.4 Å². The number of pyridine rings is 1. The van der Waals surface area contributed by atoms with Gasteiger partial charge in [0.05, 0.1) is 0 Å². The molecule has 0 amide bonds. The lowest BCUT2D eigenvalue weighted by Gasteiger charge is -2.33. The average molecular weight is 287 g/mol. The largest absolute Gasteiger partial charge is 0.433 e. The van der Waals surface area contributed by atoms with Gasteiger partial charge in [0.15, 0.2) is 0 Å². The zero-order valence-corrected chi connectivity index (χ0v) is 11.6. The predicted molar refractivity (Wildman–Crippen MR) is 72.4 cm³/mol. The van der Waals surface area contributed by atoms with Crippen molar-refractivity contribution in [2.45, 2.75) is 38.9 Å². The van der Waals surface area contributed by atoms with Crippen LogP contribution in [0.5, 0.6) is 0 Å². The lowest BCUT2D eigenvalue weighted by molar-refractivity contribution is -0.141. The molecule has 0 radical (unpaired) electrons. The number of nitrogens with two attached hydrogens (primary N) is 1. The van der Waals surface area contributed by atoms with Gasteiger partial charge in [-0.05, 0) is 24.8 Å². The molecule has 2 rings (SSSR count). The Kier molecular flexibility index (Phi) is 4.52. The summed E-state index contributed by atoms with van der Waals surface area (Å²) < 4.78 is 38.3. The van der Waals surface area contributed by atoms with E-state index in [0.717, 1.165) is 38.4 Å². The van der Waals surface area contributed by atoms with Crippen LogP contribution in [-0.2, 0) is 12.7 Å². The molecule has 0 atom stereocenters. The summed E-state index contributed by atoms with van der Waals surface area (Å²) in [6, 6.07) is 2.45. The summed E-state index contributed by atoms with van der Waals surface area (Å²) in [7, 11) is 0. The fourth-order valence-electron chi connectivity index (χ4n) is 2.62. The van der Waals surface area contributed by atoms with Gasteiger partial charge >= 0.3 is 6.18 Å². The van der Waals surface area contributed by atoms with Crippen molar-refractivity contribution in [3.63, 3.8) is 0 Å². The highest BCUT2D eigenvalue weighted by Crippen LogP contribution is 2.32. The van der Waals surface area contributed by atoms with E-state index < -0.39 is 11.9 Å². The van der Waals surface area contributed by atoms with Crippen LogP contribution in [0.15, 0.2) is 12.1 Å². The van der Waals surface area contributed by atoms with Gasteiger partial charge in [0.1, 0.15) is 11.5 Å². The Balaban J connectivity index is 2.25. The maximum Gasteiger partial charge on any atom is 0.433 e. The second-order valence-electron chi connectivity index (χ2n) is 5.22. The smallest absolute Gasteiger partial charge is 0.356 e. The molecular weight excluding hydrogens is 267 g/mol. The van der Waals surface area contributed by atoms with Gasteiger partial charge in [0.2, 0.25) is 0 Å². The summed E-state index contributed by atoms with van der Waals surface area (Å²) >= 11 is 0. The number of hydrogen-bond donors (Lipinski definition) is 1. The van der Waals surface area contributed by atoms with Crippen molar-refractivity contribution in [3.05, 3.63) is 23.4 Å². The van der Waals surface area contributed by atoms with Gasteiger partial charge < -0.3 is 10.6 Å². The zero-order chi connectivity index (χ0) is 14.8. The van der Waals surface area contributed by atoms with E-state index in [9.17, 15) is 13.2 Å². The summed E-state index contributed by atoms with van der Waals surface area (Å²) in [6.45, 7) is 3.85. The number of nitrogens with zero attached hydrogens (tertiary/aromatic N) is 2. The molecule has 1 aromatic rings. The third-order valence-electron chi connectivity index (χ3n) is 3.96. The molecule has 0 spiro atoms. The topological polar surface area (TPSA) is 42.2 Å². The second-order valence-corrected chi connectivity index (χ2v) is 5.22. The van der Waals surface area contributed by atoms with Crippen LogP contribution in [-0.4, -0.2) is 18.1 Å². The summed E-state index contributed by atoms with van der Waals surface area (Å²) in [4.78, 5) is 5.74. The van der Waals surface area contributed by atoms with Crippen LogP contribution in [0, 0.1) is 5.92 Å². The Bertz CT molecular complexity index is 451. The Morgan fingerprint density at radius 1 is 1.30 bits per heavy atom. The average Bonchev–Trinajstić information content (AvgIpc) is 2.45. The Morgan fingerprint density at radius 3 is 2.45 bits per heavy atom. The molecule has 2 N–H and O–H groups in total. The molecule has 0 saturated carbocycles. The van der Waals surface area contributed by atoms with Gasteiger partial charge in [0.25, 0.3) is 0 Å². The fourth-order valence-corrected chi connectivity index (χ4v) is 2.62. The van der Waals surface area contributed by atoms with Crippen LogP contribution in [0.1, 0.15) is 37.4 Å². The Labute approximate surface area is 117 Å². The van der Waals surface area contributed by atoms with Crippen LogP contribution in [0.4, 0.5) is 19.0 Å². The number of halogens is 3. The lowest BCUT2D eigenvalue weighted by atomic mass is 9.94. The third kappa shape index (κ3) is 3.23. The Hall–Kier alpha value is -1.30. The first-order valence-electron chi connectivity index (χ1n) is 6.97. The van der Waals surface area contributed by atoms with Crippen molar-refractivity contribution in [1.82, 2.24) is 4.98 Å². The molecule has 1 aromatic heterocycles. The standard InChI is InChI=1S/C14H20F3N3/c1-2-10-5-7-20(8-6-10)13-11(9-18)3-4-12(19-13)14(15,16)17/h3-4,10H,2,5-9,18H2,1H3. The van der Waals surface area contributed by atoms with Crippen molar-refractivity contribution in [3.8, 4) is 0 Å². The monoisotopic (exact) mass is 287 g/mol. The van der Waals surface area contributed by atoms with E-state index in [4.69, 9.17) is 5.73 Å². The maximum atomic E-state index is 12.8. The summed E-state index contributed by atoms with van der Waals surface area (Å²) in [5, 5.41) is 0. The minimum Gasteiger partial charge on any atom is -0.356 e. The molecule has 2 heterocycles. The molecule has 0 bridgehead atoms. The van der Waals surface area contributed by atoms with Gasteiger partial charge in [-0.2, -0.15) is 13.2 Å². The minimum absolute atomic E-state index is 0.203. The second kappa shape index (κ2) is 5.99. The molecular formula is C14H20F3N3. The van der Waals surface area contributed by atoms with E-state index in [1.165, 1.54) is 6.07 Å². The first-order valence-corrected chi connectivity index (χ1v) is 6.97. The fraction of sp³-hybridized carbons (Fsp3) is 0.643. The minimum atomic E-state index is -4.41. The van der Waals surface area contributed by atoms with Crippen molar-refractivity contribution < 1.29 is 13.2 Å². The SMILES string of the molecule is CCC1CCN(c2nc(C(F)(F)F)ccc2CN)CC1. The summed E-state index contributed by atoms with van der Waals surface area (Å²) in [6.07, 6.45) is -1.30. The number of hydrogen-bond acceptors (Lipinski definition) is 3. The first kappa shape index (κ1) is 15.1. The number of rotatable bonds is 3. The van der Waals surface area contributed by atoms with Gasteiger partial charge in [-0.15, -0.1) is 0 Å². The molecule has 112 valence electrons. The molecule has 0 aliphatic carbocycles. The number of piperidine rings is 1. The summed E-state index contributed by atoms with van der Waals surface area (Å²) in [5.74, 6) is 1.07. The van der Waals surface area contributed by atoms with Crippen LogP contribution >= 0.6 is 0 Å². The van der Waals surface area contributed by atoms with Gasteiger partial charge in [0, 0.05) is 25.2 Å². The molecule has 20 heavy (non-hydrogen) atoms. The van der Waals surface area contributed by atoms with E-state index in [-0.39, 0.29) is 6.54 Å². The van der Waals surface area contributed by atoms with E-state index in [2.05, 4.69) is 11.9 Å². The molecule has 1 saturated heterocycles. The molecule has 0 unspecified atom stereocenters. The van der Waals surface area contributed by atoms with Crippen LogP contribution in [0.2, 0.25) is 0 Å². The number of alkyl halides is 3. The van der Waals surface area contributed by atoms with Crippen molar-refractivity contribution in [2.24, 2.45) is 11.7 Å². The van der Waals surface area contributed by atoms with E-state index in [1.54, 1.807) is 0 Å². The predicted octanol–water partition coefficient (Wildman–Crippen LogP) is 3.19. The molecule has 1 aliphatic rings. The Morgan fingerprint density at radius 2 is 1.95 bits per heavy atom. The van der Waals surface area contributed by atoms with Crippen LogP contribution in [0.3, 0.4) is 0 Å². The maximum absolute atomic E-state index is 12.8. The van der Waals surface area contributed by atoms with Gasteiger partial charge in [-0.3, -0.25) is 0 Å². The highest BCUT2D eigenvalue weighted by atomic mass is 19.4. The van der Waals surface area contributed by atoms with Crippen LogP contribution in [0.25, 0.3) is 0 Å². The van der Waals surface area contributed by atoms with E-state index >= 15 is 0 Å². The molecule has 1 fully saturated rings. The van der Waals surface area contributed by atoms with Crippen molar-refractivity contribution in [1.29, 1.82) is 0 Å². The lowest BCUT2D eigenvalue weighted by Crippen LogP contribution is -2.35. The third-order valence-corrected chi connectivity index (χ3v) is 3.96. The zero-order valence-electron chi connectivity index (χ0n) is 11.6. The highest BCUT2D eigenvalue weighted by Gasteiger charge is 2.33. The van der Waals surface area contributed by atoms with E-state index in [1.807, 2.05) is 4.90 Å². The molecule has 3 nitrogen and oxygen atoms in total. The highest BCUT2D eigenvalue weighted by molar-refractivity contribution is 5.48. The molecule has 0 aromatic carbocycles. The normalized spacial score (nSPS) is 17.6. The summed E-state index contributed by atoms with van der Waals surface area (Å²) in [5.41, 5.74) is 5.45. The van der Waals surface area contributed by atoms with Crippen LogP contribution < -0.4 is 10.6 Å². The molecule has 6 heteroatoms. The number of aromatic nitrogens is 1. The quantitative estimate of drug-likeness (QED) is 0.928. The van der Waals surface area contributed by atoms with E-state index in [0.29, 0.717) is 17.3 Å². The van der Waals surface area contributed by atoms with Gasteiger partial charge in [-0.25, -0.2) is 4.98 Å². The van der Waals surface area contributed by atoms with Crippen molar-refractivity contribution >= 4 is 5.82 Å². The molecule has 1 aliphatic heterocycles. The first-order chi connectivity index (χ1) is 9.45.